The van der Waals surface area contributed by atoms with E-state index in [0.717, 1.165) is 13.8 Å². The summed E-state index contributed by atoms with van der Waals surface area (Å²) < 4.78 is 199. The van der Waals surface area contributed by atoms with Crippen LogP contribution in [-0.2, 0) is 25.7 Å². The molecule has 0 aromatic heterocycles. The average Bonchev–Trinajstić information content (AvgIpc) is 2.61. The third kappa shape index (κ3) is 7.83. The first-order valence-electron chi connectivity index (χ1n) is 8.93. The lowest BCUT2D eigenvalue weighted by Gasteiger charge is -2.39. The van der Waals surface area contributed by atoms with E-state index in [1.54, 1.807) is 0 Å². The van der Waals surface area contributed by atoms with Crippen molar-refractivity contribution in [1.29, 1.82) is 0 Å². The lowest BCUT2D eigenvalue weighted by atomic mass is 9.93. The van der Waals surface area contributed by atoms with Crippen molar-refractivity contribution in [2.75, 3.05) is 17.3 Å². The molecule has 0 saturated carbocycles. The molecule has 0 saturated heterocycles. The number of hydrogen-bond acceptors (Lipinski definition) is 4. The van der Waals surface area contributed by atoms with Crippen molar-refractivity contribution in [2.24, 2.45) is 0 Å². The van der Waals surface area contributed by atoms with Gasteiger partial charge in [0.05, 0.1) is 11.3 Å². The first-order valence-corrected chi connectivity index (χ1v) is 12.0. The van der Waals surface area contributed by atoms with Gasteiger partial charge in [-0.15, -0.1) is 0 Å². The summed E-state index contributed by atoms with van der Waals surface area (Å²) in [4.78, 5) is 11.7. The van der Waals surface area contributed by atoms with Crippen molar-refractivity contribution in [3.05, 3.63) is 0 Å². The van der Waals surface area contributed by atoms with Crippen molar-refractivity contribution in [3.63, 3.8) is 0 Å². The molecule has 1 unspecified atom stereocenters. The Morgan fingerprint density at radius 3 is 1.74 bits per heavy atom. The van der Waals surface area contributed by atoms with Gasteiger partial charge in [0.15, 0.2) is 0 Å². The normalized spacial score (nSPS) is 15.9. The number of rotatable bonds is 14. The molecule has 0 aliphatic rings. The third-order valence-corrected chi connectivity index (χ3v) is 6.57. The molecule has 6 nitrogen and oxygen atoms in total. The van der Waals surface area contributed by atoms with Crippen LogP contribution in [-0.4, -0.2) is 81.9 Å². The minimum Gasteiger partial charge on any atom is -0.350 e. The number of halogens is 12. The van der Waals surface area contributed by atoms with Crippen molar-refractivity contribution in [3.8, 4) is 0 Å². The first kappa shape index (κ1) is 33.7. The van der Waals surface area contributed by atoms with Gasteiger partial charge in [-0.1, -0.05) is 0 Å². The Kier molecular flexibility index (Phi) is 10.2. The van der Waals surface area contributed by atoms with Gasteiger partial charge in [-0.2, -0.15) is 52.3 Å². The summed E-state index contributed by atoms with van der Waals surface area (Å²) in [7, 11) is -7.25. The number of hydrogen-bond donors (Lipinski definition) is 2. The highest BCUT2D eigenvalue weighted by atomic mass is 32.2. The van der Waals surface area contributed by atoms with Crippen molar-refractivity contribution in [2.45, 2.75) is 68.3 Å². The first-order chi connectivity index (χ1) is 15.1. The van der Waals surface area contributed by atoms with Crippen LogP contribution in [0.25, 0.3) is 0 Å². The smallest absolute Gasteiger partial charge is 0.350 e. The third-order valence-electron chi connectivity index (χ3n) is 4.16. The lowest BCUT2D eigenvalue weighted by molar-refractivity contribution is -0.412. The summed E-state index contributed by atoms with van der Waals surface area (Å²) in [6.45, 7) is 2.23. The van der Waals surface area contributed by atoms with Gasteiger partial charge >= 0.3 is 36.0 Å². The van der Waals surface area contributed by atoms with Gasteiger partial charge < -0.3 is 5.32 Å². The highest BCUT2D eigenvalue weighted by Gasteiger charge is 2.87. The molecule has 0 heterocycles. The predicted molar refractivity (Wildman–Crippen MR) is 96.5 cm³/mol. The van der Waals surface area contributed by atoms with Gasteiger partial charge in [0.25, 0.3) is 10.1 Å². The van der Waals surface area contributed by atoms with Gasteiger partial charge in [0, 0.05) is 35.1 Å². The van der Waals surface area contributed by atoms with E-state index in [-0.39, 0.29) is 0 Å². The van der Waals surface area contributed by atoms with E-state index in [9.17, 15) is 70.1 Å². The van der Waals surface area contributed by atoms with Crippen LogP contribution in [0, 0.1) is 0 Å². The molecule has 0 aromatic rings. The topological polar surface area (TPSA) is 101 Å². The van der Waals surface area contributed by atoms with Gasteiger partial charge in [0.2, 0.25) is 5.91 Å². The van der Waals surface area contributed by atoms with E-state index >= 15 is 0 Å². The van der Waals surface area contributed by atoms with Gasteiger partial charge in [-0.3, -0.25) is 13.6 Å². The van der Waals surface area contributed by atoms with E-state index in [1.165, 1.54) is 0 Å². The summed E-state index contributed by atoms with van der Waals surface area (Å²) in [6, 6.07) is 0. The van der Waals surface area contributed by atoms with E-state index in [1.807, 2.05) is 5.32 Å². The maximum absolute atomic E-state index is 13.7. The number of amides is 1. The minimum atomic E-state index is -7.68. The quantitative estimate of drug-likeness (QED) is 0.239. The molecule has 210 valence electrons. The Morgan fingerprint density at radius 1 is 0.886 bits per heavy atom. The Morgan fingerprint density at radius 2 is 1.34 bits per heavy atom. The average molecular weight is 585 g/mol. The van der Waals surface area contributed by atoms with Crippen molar-refractivity contribution < 1.29 is 74.7 Å². The molecule has 2 N–H and O–H groups in total. The molecule has 0 fully saturated rings. The maximum atomic E-state index is 13.7. The van der Waals surface area contributed by atoms with E-state index in [0.29, 0.717) is 0 Å². The second-order valence-electron chi connectivity index (χ2n) is 7.86. The molecule has 0 rings (SSSR count). The Hall–Kier alpha value is -1.31. The summed E-state index contributed by atoms with van der Waals surface area (Å²) in [5.41, 5.74) is -1.58. The van der Waals surface area contributed by atoms with Crippen LogP contribution in [0.4, 0.5) is 52.7 Å². The van der Waals surface area contributed by atoms with E-state index in [4.69, 9.17) is 4.55 Å². The zero-order valence-electron chi connectivity index (χ0n) is 17.5. The van der Waals surface area contributed by atoms with E-state index < -0.39 is 98.5 Å². The zero-order valence-corrected chi connectivity index (χ0v) is 19.2. The SMILES string of the molecule is CC(C)(CS(=O)(=O)O)NC(=O)CCS(=O)CCC(F)(F)C(F)(F)C(F)(F)C(F)(F)C(F)(F)C(F)F. The number of carbonyl (C=O) groups excluding carboxylic acids is 1. The second-order valence-corrected chi connectivity index (χ2v) is 11.0. The lowest BCUT2D eigenvalue weighted by Crippen LogP contribution is -2.68. The molecule has 0 spiro atoms. The van der Waals surface area contributed by atoms with Gasteiger partial charge in [-0.25, -0.2) is 8.78 Å². The molecular formula is C15H19F12NO5S2. The number of carbonyl (C=O) groups is 1. The molecule has 0 bridgehead atoms. The second kappa shape index (κ2) is 10.6. The Balaban J connectivity index is 5.30. The monoisotopic (exact) mass is 585 g/mol. The number of alkyl halides is 12. The molecule has 0 aliphatic carbocycles. The molecule has 0 radical (unpaired) electrons. The molecule has 35 heavy (non-hydrogen) atoms. The summed E-state index contributed by atoms with van der Waals surface area (Å²) >= 11 is 0. The summed E-state index contributed by atoms with van der Waals surface area (Å²) in [5.74, 6) is -40.6. The highest BCUT2D eigenvalue weighted by molar-refractivity contribution is 7.85. The standard InChI is InChI=1S/C15H19F12NO5S2/c1-10(2,7-35(31,32)33)28-8(29)3-5-34(30)6-4-11(18,19)13(22,23)15(26,27)14(24,25)12(20,21)9(16)17/h9H,3-7H2,1-2H3,(H,28,29)(H,31,32,33). The fourth-order valence-electron chi connectivity index (χ4n) is 2.41. The van der Waals surface area contributed by atoms with Crippen LogP contribution in [0.3, 0.4) is 0 Å². The van der Waals surface area contributed by atoms with Crippen LogP contribution in [0.1, 0.15) is 26.7 Å². The van der Waals surface area contributed by atoms with Crippen molar-refractivity contribution >= 4 is 26.8 Å². The van der Waals surface area contributed by atoms with Crippen LogP contribution in [0.15, 0.2) is 0 Å². The highest BCUT2D eigenvalue weighted by Crippen LogP contribution is 2.58. The van der Waals surface area contributed by atoms with Crippen LogP contribution in [0.5, 0.6) is 0 Å². The fraction of sp³-hybridized carbons (Fsp3) is 0.933. The Bertz CT molecular complexity index is 893. The fourth-order valence-corrected chi connectivity index (χ4v) is 4.50. The molecule has 0 aliphatic heterocycles. The zero-order chi connectivity index (χ0) is 28.5. The van der Waals surface area contributed by atoms with Crippen LogP contribution < -0.4 is 5.32 Å². The van der Waals surface area contributed by atoms with E-state index in [2.05, 4.69) is 0 Å². The molecule has 0 aromatic carbocycles. The summed E-state index contributed by atoms with van der Waals surface area (Å²) in [6.07, 6.45) is -9.01. The van der Waals surface area contributed by atoms with Crippen molar-refractivity contribution in [1.82, 2.24) is 5.32 Å². The molecule has 1 amide bonds. The van der Waals surface area contributed by atoms with Crippen LogP contribution >= 0.6 is 0 Å². The molecule has 20 heteroatoms. The molecule has 1 atom stereocenters. The Labute approximate surface area is 193 Å². The number of nitrogens with one attached hydrogen (secondary N) is 1. The largest absolute Gasteiger partial charge is 0.384 e. The predicted octanol–water partition coefficient (Wildman–Crippen LogP) is 3.74. The maximum Gasteiger partial charge on any atom is 0.384 e. The summed E-state index contributed by atoms with van der Waals surface area (Å²) in [5, 5.41) is 2.03. The van der Waals surface area contributed by atoms with Crippen LogP contribution in [0.2, 0.25) is 0 Å². The van der Waals surface area contributed by atoms with Gasteiger partial charge in [0.1, 0.15) is 0 Å². The molecular weight excluding hydrogens is 566 g/mol. The minimum absolute atomic E-state index is 0.835. The van der Waals surface area contributed by atoms with Gasteiger partial charge in [-0.05, 0) is 13.8 Å².